The third-order valence-electron chi connectivity index (χ3n) is 7.21. The first-order valence-electron chi connectivity index (χ1n) is 13.0. The Balaban J connectivity index is 1.87. The number of aliphatic hydroxyl groups is 2. The van der Waals surface area contributed by atoms with Crippen molar-refractivity contribution < 1.29 is 33.3 Å². The van der Waals surface area contributed by atoms with Crippen molar-refractivity contribution in [3.63, 3.8) is 0 Å². The van der Waals surface area contributed by atoms with E-state index in [1.165, 1.54) is 25.3 Å². The van der Waals surface area contributed by atoms with Crippen LogP contribution in [0.15, 0.2) is 91.0 Å². The molecule has 0 bridgehead atoms. The van der Waals surface area contributed by atoms with Gasteiger partial charge in [0.2, 0.25) is 0 Å². The minimum Gasteiger partial charge on any atom is -0.485 e. The molecule has 0 fully saturated rings. The second-order valence-corrected chi connectivity index (χ2v) is 10.0. The maximum absolute atomic E-state index is 15.6. The van der Waals surface area contributed by atoms with Crippen molar-refractivity contribution in [2.24, 2.45) is 0 Å². The first kappa shape index (κ1) is 28.0. The second-order valence-electron chi connectivity index (χ2n) is 10.0. The third kappa shape index (κ3) is 5.19. The van der Waals surface area contributed by atoms with Crippen LogP contribution in [-0.2, 0) is 16.8 Å². The van der Waals surface area contributed by atoms with Crippen molar-refractivity contribution in [1.29, 1.82) is 0 Å². The van der Waals surface area contributed by atoms with Crippen LogP contribution in [0.4, 0.5) is 8.78 Å². The van der Waals surface area contributed by atoms with Gasteiger partial charge >= 0.3 is 5.97 Å². The van der Waals surface area contributed by atoms with E-state index in [1.807, 2.05) is 30.3 Å². The molecule has 0 aliphatic heterocycles. The average Bonchev–Trinajstić information content (AvgIpc) is 3.36. The van der Waals surface area contributed by atoms with E-state index in [9.17, 15) is 19.4 Å². The van der Waals surface area contributed by atoms with Gasteiger partial charge < -0.3 is 24.3 Å². The zero-order valence-corrected chi connectivity index (χ0v) is 22.6. The van der Waals surface area contributed by atoms with Gasteiger partial charge in [-0.2, -0.15) is 0 Å². The number of halogens is 2. The number of ether oxygens (including phenoxy) is 2. The second kappa shape index (κ2) is 11.5. The number of fused-ring (bicyclic) bond motifs is 1. The van der Waals surface area contributed by atoms with E-state index >= 15 is 4.39 Å². The highest BCUT2D eigenvalue weighted by Crippen LogP contribution is 2.47. The first-order chi connectivity index (χ1) is 19.8. The lowest BCUT2D eigenvalue weighted by Crippen LogP contribution is -2.34. The SMILES string of the molecule is COC(=O)c1ccc(-c2c(C(C)(CO)CO)n(-c3ccc(F)cc3)c3ccc(F)c(OCc4ccccc4)c23)cc1. The highest BCUT2D eigenvalue weighted by atomic mass is 19.1. The molecule has 0 radical (unpaired) electrons. The number of benzene rings is 4. The van der Waals surface area contributed by atoms with Crippen LogP contribution in [0.5, 0.6) is 5.75 Å². The summed E-state index contributed by atoms with van der Waals surface area (Å²) in [7, 11) is 1.29. The summed E-state index contributed by atoms with van der Waals surface area (Å²) in [4.78, 5) is 12.1. The summed E-state index contributed by atoms with van der Waals surface area (Å²) in [6.07, 6.45) is 0. The number of hydrogen-bond donors (Lipinski definition) is 2. The molecule has 6 nitrogen and oxygen atoms in total. The van der Waals surface area contributed by atoms with Crippen molar-refractivity contribution in [2.45, 2.75) is 18.9 Å². The molecule has 210 valence electrons. The third-order valence-corrected chi connectivity index (χ3v) is 7.21. The van der Waals surface area contributed by atoms with Gasteiger partial charge in [0.1, 0.15) is 12.4 Å². The van der Waals surface area contributed by atoms with Crippen molar-refractivity contribution >= 4 is 16.9 Å². The molecular formula is C33H29F2NO5. The fraction of sp³-hybridized carbons (Fsp3) is 0.182. The van der Waals surface area contributed by atoms with E-state index in [-0.39, 0.29) is 12.4 Å². The first-order valence-corrected chi connectivity index (χ1v) is 13.0. The van der Waals surface area contributed by atoms with Crippen LogP contribution in [0.25, 0.3) is 27.7 Å². The van der Waals surface area contributed by atoms with Crippen LogP contribution in [0.3, 0.4) is 0 Å². The normalized spacial score (nSPS) is 11.6. The fourth-order valence-corrected chi connectivity index (χ4v) is 5.00. The Morgan fingerprint density at radius 1 is 0.878 bits per heavy atom. The highest BCUT2D eigenvalue weighted by Gasteiger charge is 2.36. The summed E-state index contributed by atoms with van der Waals surface area (Å²) in [6, 6.07) is 24.6. The summed E-state index contributed by atoms with van der Waals surface area (Å²) in [6.45, 7) is 0.883. The maximum Gasteiger partial charge on any atom is 0.337 e. The molecule has 1 heterocycles. The molecule has 8 heteroatoms. The summed E-state index contributed by atoms with van der Waals surface area (Å²) >= 11 is 0. The standard InChI is InChI=1S/C33H29F2NO5/c1-33(19-37,20-38)31-28(22-8-10-23(11-9-22)32(39)40-2)29-27(36(31)25-14-12-24(34)13-15-25)17-16-26(35)30(29)41-18-21-6-4-3-5-7-21/h3-17,37-38H,18-20H2,1-2H3. The molecule has 0 aliphatic carbocycles. The molecule has 0 saturated carbocycles. The lowest BCUT2D eigenvalue weighted by Gasteiger charge is -2.29. The maximum atomic E-state index is 15.6. The van der Waals surface area contributed by atoms with Gasteiger partial charge in [0.05, 0.1) is 42.2 Å². The quantitative estimate of drug-likeness (QED) is 0.212. The molecule has 0 atom stereocenters. The van der Waals surface area contributed by atoms with Gasteiger partial charge in [0.25, 0.3) is 0 Å². The largest absolute Gasteiger partial charge is 0.485 e. The van der Waals surface area contributed by atoms with Crippen molar-refractivity contribution in [2.75, 3.05) is 20.3 Å². The number of hydrogen-bond acceptors (Lipinski definition) is 5. The molecule has 4 aromatic carbocycles. The highest BCUT2D eigenvalue weighted by molar-refractivity contribution is 6.04. The smallest absolute Gasteiger partial charge is 0.337 e. The average molecular weight is 558 g/mol. The Morgan fingerprint density at radius 2 is 1.54 bits per heavy atom. The molecule has 0 spiro atoms. The van der Waals surface area contributed by atoms with E-state index in [2.05, 4.69) is 0 Å². The van der Waals surface area contributed by atoms with E-state index < -0.39 is 36.2 Å². The number of carbonyl (C=O) groups excluding carboxylic acids is 1. The Labute approximate surface area is 236 Å². The molecule has 0 saturated heterocycles. The van der Waals surface area contributed by atoms with Crippen LogP contribution < -0.4 is 4.74 Å². The van der Waals surface area contributed by atoms with Crippen LogP contribution >= 0.6 is 0 Å². The van der Waals surface area contributed by atoms with Crippen LogP contribution in [0.2, 0.25) is 0 Å². The lowest BCUT2D eigenvalue weighted by atomic mass is 9.83. The zero-order chi connectivity index (χ0) is 29.1. The summed E-state index contributed by atoms with van der Waals surface area (Å²) < 4.78 is 42.4. The van der Waals surface area contributed by atoms with Crippen LogP contribution in [0, 0.1) is 11.6 Å². The Kier molecular flexibility index (Phi) is 7.88. The van der Waals surface area contributed by atoms with Crippen LogP contribution in [0.1, 0.15) is 28.5 Å². The van der Waals surface area contributed by atoms with Gasteiger partial charge in [-0.05, 0) is 66.6 Å². The minimum atomic E-state index is -1.23. The lowest BCUT2D eigenvalue weighted by molar-refractivity contribution is 0.0600. The van der Waals surface area contributed by atoms with Gasteiger partial charge in [-0.3, -0.25) is 0 Å². The number of esters is 1. The molecule has 41 heavy (non-hydrogen) atoms. The summed E-state index contributed by atoms with van der Waals surface area (Å²) in [5.74, 6) is -1.56. The van der Waals surface area contributed by atoms with E-state index in [4.69, 9.17) is 9.47 Å². The Bertz CT molecular complexity index is 1680. The monoisotopic (exact) mass is 557 g/mol. The molecule has 1 aromatic heterocycles. The van der Waals surface area contributed by atoms with E-state index in [0.717, 1.165) is 5.56 Å². The molecule has 0 unspecified atom stereocenters. The fourth-order valence-electron chi connectivity index (χ4n) is 5.00. The van der Waals surface area contributed by atoms with Gasteiger partial charge in [-0.25, -0.2) is 13.6 Å². The predicted octanol–water partition coefficient (Wildman–Crippen LogP) is 6.18. The number of methoxy groups -OCH3 is 1. The predicted molar refractivity (Wildman–Crippen MR) is 152 cm³/mol. The van der Waals surface area contributed by atoms with Crippen molar-refractivity contribution in [3.05, 3.63) is 119 Å². The number of aliphatic hydroxyl groups excluding tert-OH is 2. The Hall–Kier alpha value is -4.53. The summed E-state index contributed by atoms with van der Waals surface area (Å²) in [5.41, 5.74) is 2.53. The number of rotatable bonds is 9. The molecule has 0 amide bonds. The Morgan fingerprint density at radius 3 is 2.15 bits per heavy atom. The molecule has 5 rings (SSSR count). The minimum absolute atomic E-state index is 0.0151. The van der Waals surface area contributed by atoms with Gasteiger partial charge in [-0.1, -0.05) is 42.5 Å². The molecular weight excluding hydrogens is 528 g/mol. The van der Waals surface area contributed by atoms with E-state index in [0.29, 0.717) is 39.0 Å². The zero-order valence-electron chi connectivity index (χ0n) is 22.6. The van der Waals surface area contributed by atoms with Crippen LogP contribution in [-0.4, -0.2) is 41.1 Å². The summed E-state index contributed by atoms with van der Waals surface area (Å²) in [5, 5.41) is 21.6. The van der Waals surface area contributed by atoms with Gasteiger partial charge in [0.15, 0.2) is 11.6 Å². The topological polar surface area (TPSA) is 80.9 Å². The van der Waals surface area contributed by atoms with Crippen molar-refractivity contribution in [3.8, 4) is 22.6 Å². The number of carbonyl (C=O) groups is 1. The van der Waals surface area contributed by atoms with Crippen molar-refractivity contribution in [1.82, 2.24) is 4.57 Å². The molecule has 2 N–H and O–H groups in total. The molecule has 5 aromatic rings. The van der Waals surface area contributed by atoms with Gasteiger partial charge in [-0.15, -0.1) is 0 Å². The van der Waals surface area contributed by atoms with E-state index in [1.54, 1.807) is 54.0 Å². The van der Waals surface area contributed by atoms with Gasteiger partial charge in [0, 0.05) is 16.9 Å². The number of nitrogens with zero attached hydrogens (tertiary/aromatic N) is 1. The molecule has 0 aliphatic rings. The number of aromatic nitrogens is 1.